The van der Waals surface area contributed by atoms with Crippen molar-refractivity contribution >= 4 is 52.5 Å². The predicted molar refractivity (Wildman–Crippen MR) is 115 cm³/mol. The smallest absolute Gasteiger partial charge is 0.276 e. The van der Waals surface area contributed by atoms with Crippen LogP contribution in [0.5, 0.6) is 11.5 Å². The molecule has 146 valence electrons. The van der Waals surface area contributed by atoms with Crippen LogP contribution in [0.25, 0.3) is 6.08 Å². The highest BCUT2D eigenvalue weighted by molar-refractivity contribution is 7.80. The van der Waals surface area contributed by atoms with E-state index in [-0.39, 0.29) is 12.5 Å². The molecule has 0 spiro atoms. The van der Waals surface area contributed by atoms with Crippen LogP contribution in [0.3, 0.4) is 0 Å². The lowest BCUT2D eigenvalue weighted by molar-refractivity contribution is -0.122. The Kier molecular flexibility index (Phi) is 6.44. The second kappa shape index (κ2) is 8.82. The molecule has 5 nitrogen and oxygen atoms in total. The number of nitrogens with one attached hydrogen (secondary N) is 1. The maximum absolute atomic E-state index is 12.8. The number of carbonyl (C=O) groups is 1. The first-order chi connectivity index (χ1) is 13.4. The maximum Gasteiger partial charge on any atom is 0.276 e. The molecule has 2 aromatic carbocycles. The number of hydrogen-bond acceptors (Lipinski definition) is 4. The number of methoxy groups -OCH3 is 1. The van der Waals surface area contributed by atoms with Crippen LogP contribution in [-0.2, 0) is 11.3 Å². The van der Waals surface area contributed by atoms with Crippen LogP contribution < -0.4 is 14.8 Å². The quantitative estimate of drug-likeness (QED) is 0.527. The minimum Gasteiger partial charge on any atom is -0.491 e. The summed E-state index contributed by atoms with van der Waals surface area (Å²) in [4.78, 5) is 14.3. The maximum atomic E-state index is 12.8. The van der Waals surface area contributed by atoms with Crippen molar-refractivity contribution < 1.29 is 14.3 Å². The van der Waals surface area contributed by atoms with E-state index in [2.05, 4.69) is 5.32 Å². The molecule has 28 heavy (non-hydrogen) atoms. The Morgan fingerprint density at radius 3 is 2.64 bits per heavy atom. The molecular weight excluding hydrogens is 419 g/mol. The van der Waals surface area contributed by atoms with E-state index in [0.717, 1.165) is 5.56 Å². The van der Waals surface area contributed by atoms with Crippen molar-refractivity contribution in [2.45, 2.75) is 13.5 Å². The number of rotatable bonds is 6. The highest BCUT2D eigenvalue weighted by Crippen LogP contribution is 2.37. The lowest BCUT2D eigenvalue weighted by Gasteiger charge is -2.14. The number of halogens is 2. The lowest BCUT2D eigenvalue weighted by Crippen LogP contribution is -2.30. The number of ether oxygens (including phenoxy) is 2. The minimum atomic E-state index is -0.241. The Labute approximate surface area is 178 Å². The lowest BCUT2D eigenvalue weighted by atomic mass is 10.1. The van der Waals surface area contributed by atoms with Gasteiger partial charge in [-0.15, -0.1) is 0 Å². The topological polar surface area (TPSA) is 50.8 Å². The highest BCUT2D eigenvalue weighted by Gasteiger charge is 2.31. The van der Waals surface area contributed by atoms with Crippen LogP contribution in [0.4, 0.5) is 0 Å². The van der Waals surface area contributed by atoms with Gasteiger partial charge in [0.2, 0.25) is 0 Å². The Hall–Kier alpha value is -2.28. The van der Waals surface area contributed by atoms with E-state index in [1.807, 2.05) is 25.1 Å². The van der Waals surface area contributed by atoms with E-state index in [9.17, 15) is 4.79 Å². The molecule has 0 saturated carbocycles. The van der Waals surface area contributed by atoms with Gasteiger partial charge in [-0.05, 0) is 54.5 Å². The van der Waals surface area contributed by atoms with Crippen LogP contribution in [0, 0.1) is 0 Å². The predicted octanol–water partition coefficient (Wildman–Crippen LogP) is 4.66. The van der Waals surface area contributed by atoms with E-state index in [1.54, 1.807) is 24.3 Å². The summed E-state index contributed by atoms with van der Waals surface area (Å²) in [5.74, 6) is 0.715. The summed E-state index contributed by atoms with van der Waals surface area (Å²) < 4.78 is 10.9. The number of carbonyl (C=O) groups excluding carboxylic acids is 1. The average molecular weight is 437 g/mol. The molecule has 2 aromatic rings. The van der Waals surface area contributed by atoms with Crippen LogP contribution in [0.15, 0.2) is 42.1 Å². The van der Waals surface area contributed by atoms with Gasteiger partial charge in [0.15, 0.2) is 16.6 Å². The molecule has 0 aliphatic carbocycles. The second-order valence-corrected chi connectivity index (χ2v) is 7.14. The summed E-state index contributed by atoms with van der Waals surface area (Å²) in [6.45, 7) is 2.61. The highest BCUT2D eigenvalue weighted by atomic mass is 35.5. The van der Waals surface area contributed by atoms with E-state index < -0.39 is 0 Å². The molecular formula is C20H18Cl2N2O3S. The fraction of sp³-hybridized carbons (Fsp3) is 0.200. The average Bonchev–Trinajstić information content (AvgIpc) is 2.91. The van der Waals surface area contributed by atoms with Gasteiger partial charge in [-0.2, -0.15) is 0 Å². The van der Waals surface area contributed by atoms with Gasteiger partial charge >= 0.3 is 0 Å². The molecule has 1 saturated heterocycles. The molecule has 1 aliphatic rings. The summed E-state index contributed by atoms with van der Waals surface area (Å²) in [6.07, 6.45) is 1.68. The summed E-state index contributed by atoms with van der Waals surface area (Å²) >= 11 is 17.8. The number of benzene rings is 2. The van der Waals surface area contributed by atoms with Crippen LogP contribution in [0.1, 0.15) is 18.1 Å². The van der Waals surface area contributed by atoms with E-state index in [0.29, 0.717) is 44.5 Å². The largest absolute Gasteiger partial charge is 0.491 e. The Morgan fingerprint density at radius 2 is 1.96 bits per heavy atom. The summed E-state index contributed by atoms with van der Waals surface area (Å²) in [5.41, 5.74) is 1.85. The third-order valence-electron chi connectivity index (χ3n) is 4.10. The molecule has 3 rings (SSSR count). The zero-order valence-electron chi connectivity index (χ0n) is 15.3. The first-order valence-electron chi connectivity index (χ1n) is 8.52. The molecule has 1 N–H and O–H groups in total. The normalized spacial score (nSPS) is 15.1. The number of amides is 1. The van der Waals surface area contributed by atoms with Crippen LogP contribution in [0.2, 0.25) is 10.0 Å². The van der Waals surface area contributed by atoms with Gasteiger partial charge in [0, 0.05) is 5.02 Å². The first kappa shape index (κ1) is 20.5. The minimum absolute atomic E-state index is 0.241. The zero-order chi connectivity index (χ0) is 20.3. The van der Waals surface area contributed by atoms with E-state index in [1.165, 1.54) is 12.0 Å². The molecule has 8 heteroatoms. The van der Waals surface area contributed by atoms with Crippen molar-refractivity contribution in [2.24, 2.45) is 0 Å². The van der Waals surface area contributed by atoms with Crippen molar-refractivity contribution in [3.05, 3.63) is 63.3 Å². The van der Waals surface area contributed by atoms with Gasteiger partial charge in [0.05, 0.1) is 25.3 Å². The van der Waals surface area contributed by atoms with Crippen molar-refractivity contribution in [3.63, 3.8) is 0 Å². The summed E-state index contributed by atoms with van der Waals surface area (Å²) in [6, 6.07) is 10.8. The van der Waals surface area contributed by atoms with Crippen molar-refractivity contribution in [1.29, 1.82) is 0 Å². The van der Waals surface area contributed by atoms with Crippen LogP contribution in [-0.4, -0.2) is 29.6 Å². The van der Waals surface area contributed by atoms with Gasteiger partial charge in [0.25, 0.3) is 5.91 Å². The Morgan fingerprint density at radius 1 is 1.21 bits per heavy atom. The fourth-order valence-electron chi connectivity index (χ4n) is 2.81. The number of nitrogens with zero attached hydrogens (tertiary/aromatic N) is 1. The van der Waals surface area contributed by atoms with Gasteiger partial charge < -0.3 is 14.8 Å². The third-order valence-corrected chi connectivity index (χ3v) is 5.07. The third kappa shape index (κ3) is 4.24. The van der Waals surface area contributed by atoms with E-state index in [4.69, 9.17) is 44.9 Å². The second-order valence-electron chi connectivity index (χ2n) is 5.94. The molecule has 1 amide bonds. The molecule has 1 heterocycles. The van der Waals surface area contributed by atoms with Crippen molar-refractivity contribution in [2.75, 3.05) is 13.7 Å². The van der Waals surface area contributed by atoms with Crippen molar-refractivity contribution in [3.8, 4) is 11.5 Å². The fourth-order valence-corrected chi connectivity index (χ4v) is 3.56. The standard InChI is InChI=1S/C20H18Cl2N2O3S/c1-3-27-17-10-12(8-15(22)18(17)26-2)9-16-19(25)24(20(28)23-16)11-13-6-4-5-7-14(13)21/h4-10H,3,11H2,1-2H3,(H,23,28). The number of hydrogen-bond donors (Lipinski definition) is 1. The summed E-state index contributed by atoms with van der Waals surface area (Å²) in [5, 5.41) is 4.24. The Bertz CT molecular complexity index is 962. The number of thiocarbonyl (C=S) groups is 1. The first-order valence-corrected chi connectivity index (χ1v) is 9.69. The zero-order valence-corrected chi connectivity index (χ0v) is 17.6. The molecule has 0 radical (unpaired) electrons. The summed E-state index contributed by atoms with van der Waals surface area (Å²) in [7, 11) is 1.52. The molecule has 1 aliphatic heterocycles. The van der Waals surface area contributed by atoms with Gasteiger partial charge in [0.1, 0.15) is 5.70 Å². The van der Waals surface area contributed by atoms with Gasteiger partial charge in [-0.25, -0.2) is 0 Å². The molecule has 0 aromatic heterocycles. The molecule has 1 fully saturated rings. The Balaban J connectivity index is 1.88. The molecule has 0 bridgehead atoms. The van der Waals surface area contributed by atoms with Gasteiger partial charge in [-0.1, -0.05) is 41.4 Å². The molecule has 0 atom stereocenters. The van der Waals surface area contributed by atoms with Gasteiger partial charge in [-0.3, -0.25) is 9.69 Å². The molecule has 0 unspecified atom stereocenters. The monoisotopic (exact) mass is 436 g/mol. The SMILES string of the molecule is CCOc1cc(C=C2NC(=S)N(Cc3ccccc3Cl)C2=O)cc(Cl)c1OC. The van der Waals surface area contributed by atoms with Crippen molar-refractivity contribution in [1.82, 2.24) is 10.2 Å². The van der Waals surface area contributed by atoms with Crippen LogP contribution >= 0.6 is 35.4 Å². The van der Waals surface area contributed by atoms with E-state index >= 15 is 0 Å².